The van der Waals surface area contributed by atoms with Crippen molar-refractivity contribution in [1.82, 2.24) is 0 Å². The van der Waals surface area contributed by atoms with Crippen LogP contribution in [0.5, 0.6) is 0 Å². The highest BCUT2D eigenvalue weighted by atomic mass is 16.5. The van der Waals surface area contributed by atoms with E-state index in [9.17, 15) is 5.11 Å². The third-order valence-corrected chi connectivity index (χ3v) is 3.11. The molecule has 90 valence electrons. The summed E-state index contributed by atoms with van der Waals surface area (Å²) in [5.74, 6) is 0.744. The minimum Gasteiger partial charge on any atom is -0.390 e. The zero-order chi connectivity index (χ0) is 11.1. The van der Waals surface area contributed by atoms with E-state index in [-0.39, 0.29) is 12.2 Å². The number of aliphatic hydroxyl groups is 1. The Morgan fingerprint density at radius 3 is 2.27 bits per heavy atom. The number of rotatable bonds is 2. The van der Waals surface area contributed by atoms with Crippen LogP contribution in [-0.2, 0) is 9.47 Å². The molecule has 3 rings (SSSR count). The third kappa shape index (κ3) is 4.49. The second kappa shape index (κ2) is 7.20. The molecule has 0 aromatic carbocycles. The third-order valence-electron chi connectivity index (χ3n) is 3.11. The Kier molecular flexibility index (Phi) is 6.22. The lowest BCUT2D eigenvalue weighted by Crippen LogP contribution is -2.30. The van der Waals surface area contributed by atoms with Crippen LogP contribution in [0.3, 0.4) is 0 Å². The van der Waals surface area contributed by atoms with Gasteiger partial charge in [-0.05, 0) is 45.4 Å². The summed E-state index contributed by atoms with van der Waals surface area (Å²) in [6, 6.07) is 0. The van der Waals surface area contributed by atoms with Gasteiger partial charge < -0.3 is 14.6 Å². The van der Waals surface area contributed by atoms with E-state index in [0.717, 1.165) is 45.0 Å². The van der Waals surface area contributed by atoms with Crippen LogP contribution in [0.2, 0.25) is 0 Å². The standard InChI is InChI=1S/C8H14O2.C4H10O/c9-7-3-1-6-2-4-8(7)10-5-6;1-3-5-4-2/h6-9H,1-5H2;3-4H2,1-2H3. The molecule has 15 heavy (non-hydrogen) atoms. The van der Waals surface area contributed by atoms with Crippen molar-refractivity contribution in [2.24, 2.45) is 5.92 Å². The number of fused-ring (bicyclic) bond motifs is 4. The molecule has 1 N–H and O–H groups in total. The summed E-state index contributed by atoms with van der Waals surface area (Å²) in [5.41, 5.74) is 0. The number of ether oxygens (including phenoxy) is 2. The quantitative estimate of drug-likeness (QED) is 0.767. The summed E-state index contributed by atoms with van der Waals surface area (Å²) < 4.78 is 10.3. The molecular weight excluding hydrogens is 192 g/mol. The van der Waals surface area contributed by atoms with Gasteiger partial charge in [0, 0.05) is 19.8 Å². The first-order valence-electron chi connectivity index (χ1n) is 6.15. The Labute approximate surface area is 92.8 Å². The molecule has 0 aromatic heterocycles. The summed E-state index contributed by atoms with van der Waals surface area (Å²) in [7, 11) is 0. The highest BCUT2D eigenvalue weighted by molar-refractivity contribution is 4.81. The maximum absolute atomic E-state index is 9.45. The zero-order valence-corrected chi connectivity index (χ0v) is 9.95. The normalized spacial score (nSPS) is 34.2. The van der Waals surface area contributed by atoms with Gasteiger partial charge in [-0.3, -0.25) is 0 Å². The average Bonchev–Trinajstić information content (AvgIpc) is 2.54. The fraction of sp³-hybridized carbons (Fsp3) is 1.00. The van der Waals surface area contributed by atoms with E-state index in [1.165, 1.54) is 6.42 Å². The molecule has 3 fully saturated rings. The lowest BCUT2D eigenvalue weighted by Gasteiger charge is -2.25. The molecule has 3 aliphatic rings. The first-order chi connectivity index (χ1) is 7.27. The van der Waals surface area contributed by atoms with Gasteiger partial charge in [0.15, 0.2) is 0 Å². The van der Waals surface area contributed by atoms with Crippen molar-refractivity contribution < 1.29 is 14.6 Å². The predicted molar refractivity (Wildman–Crippen MR) is 59.9 cm³/mol. The molecule has 2 aliphatic heterocycles. The first-order valence-corrected chi connectivity index (χ1v) is 6.15. The van der Waals surface area contributed by atoms with Crippen LogP contribution in [0.4, 0.5) is 0 Å². The summed E-state index contributed by atoms with van der Waals surface area (Å²) >= 11 is 0. The molecule has 0 spiro atoms. The van der Waals surface area contributed by atoms with Gasteiger partial charge in [-0.25, -0.2) is 0 Å². The summed E-state index contributed by atoms with van der Waals surface area (Å²) in [6.45, 7) is 6.56. The fourth-order valence-electron chi connectivity index (χ4n) is 2.15. The Bertz CT molecular complexity index is 151. The average molecular weight is 216 g/mol. The summed E-state index contributed by atoms with van der Waals surface area (Å²) in [4.78, 5) is 0. The Hall–Kier alpha value is -0.120. The van der Waals surface area contributed by atoms with Gasteiger partial charge >= 0.3 is 0 Å². The van der Waals surface area contributed by atoms with Crippen LogP contribution in [0, 0.1) is 5.92 Å². The highest BCUT2D eigenvalue weighted by Crippen LogP contribution is 2.30. The Morgan fingerprint density at radius 2 is 1.80 bits per heavy atom. The van der Waals surface area contributed by atoms with E-state index in [4.69, 9.17) is 9.47 Å². The summed E-state index contributed by atoms with van der Waals surface area (Å²) in [5, 5.41) is 9.45. The van der Waals surface area contributed by atoms with Crippen molar-refractivity contribution in [2.75, 3.05) is 19.8 Å². The topological polar surface area (TPSA) is 38.7 Å². The molecule has 3 nitrogen and oxygen atoms in total. The van der Waals surface area contributed by atoms with Crippen molar-refractivity contribution in [2.45, 2.75) is 51.7 Å². The Balaban J connectivity index is 0.000000195. The van der Waals surface area contributed by atoms with Crippen LogP contribution in [-0.4, -0.2) is 37.1 Å². The van der Waals surface area contributed by atoms with Gasteiger partial charge in [0.05, 0.1) is 12.2 Å². The largest absolute Gasteiger partial charge is 0.390 e. The van der Waals surface area contributed by atoms with Crippen LogP contribution in [0.25, 0.3) is 0 Å². The van der Waals surface area contributed by atoms with Gasteiger partial charge in [-0.1, -0.05) is 0 Å². The molecular formula is C12H24O3. The van der Waals surface area contributed by atoms with Gasteiger partial charge in [0.1, 0.15) is 0 Å². The van der Waals surface area contributed by atoms with Crippen molar-refractivity contribution in [1.29, 1.82) is 0 Å². The molecule has 0 aromatic rings. The first kappa shape index (κ1) is 12.9. The van der Waals surface area contributed by atoms with Crippen LogP contribution >= 0.6 is 0 Å². The minimum absolute atomic E-state index is 0.166. The van der Waals surface area contributed by atoms with E-state index in [0.29, 0.717) is 0 Å². The van der Waals surface area contributed by atoms with Gasteiger partial charge in [-0.2, -0.15) is 0 Å². The van der Waals surface area contributed by atoms with Crippen molar-refractivity contribution in [3.05, 3.63) is 0 Å². The molecule has 3 heteroatoms. The van der Waals surface area contributed by atoms with E-state index >= 15 is 0 Å². The Morgan fingerprint density at radius 1 is 1.13 bits per heavy atom. The zero-order valence-electron chi connectivity index (χ0n) is 9.95. The molecule has 3 unspecified atom stereocenters. The lowest BCUT2D eigenvalue weighted by atomic mass is 10.00. The lowest BCUT2D eigenvalue weighted by molar-refractivity contribution is -0.0580. The second-order valence-electron chi connectivity index (χ2n) is 4.24. The molecule has 0 radical (unpaired) electrons. The van der Waals surface area contributed by atoms with Crippen molar-refractivity contribution >= 4 is 0 Å². The van der Waals surface area contributed by atoms with Gasteiger partial charge in [0.25, 0.3) is 0 Å². The minimum atomic E-state index is -0.174. The molecule has 2 saturated heterocycles. The molecule has 1 aliphatic carbocycles. The highest BCUT2D eigenvalue weighted by Gasteiger charge is 2.31. The summed E-state index contributed by atoms with van der Waals surface area (Å²) in [6.07, 6.45) is 4.45. The molecule has 2 heterocycles. The molecule has 3 atom stereocenters. The maximum atomic E-state index is 9.45. The SMILES string of the molecule is CCOCC.OC1CCC2CCC1OC2. The molecule has 1 saturated carbocycles. The second-order valence-corrected chi connectivity index (χ2v) is 4.24. The maximum Gasteiger partial charge on any atom is 0.0834 e. The van der Waals surface area contributed by atoms with Gasteiger partial charge in [0.2, 0.25) is 0 Å². The van der Waals surface area contributed by atoms with Crippen LogP contribution < -0.4 is 0 Å². The smallest absolute Gasteiger partial charge is 0.0834 e. The molecule has 2 bridgehead atoms. The van der Waals surface area contributed by atoms with E-state index in [2.05, 4.69) is 0 Å². The van der Waals surface area contributed by atoms with E-state index < -0.39 is 0 Å². The predicted octanol–water partition coefficient (Wildman–Crippen LogP) is 1.98. The van der Waals surface area contributed by atoms with Crippen LogP contribution in [0.15, 0.2) is 0 Å². The monoisotopic (exact) mass is 216 g/mol. The fourth-order valence-corrected chi connectivity index (χ4v) is 2.15. The van der Waals surface area contributed by atoms with E-state index in [1.54, 1.807) is 0 Å². The van der Waals surface area contributed by atoms with Crippen molar-refractivity contribution in [3.63, 3.8) is 0 Å². The molecule has 0 amide bonds. The van der Waals surface area contributed by atoms with Crippen LogP contribution in [0.1, 0.15) is 39.5 Å². The van der Waals surface area contributed by atoms with Crippen molar-refractivity contribution in [3.8, 4) is 0 Å². The van der Waals surface area contributed by atoms with Gasteiger partial charge in [-0.15, -0.1) is 0 Å². The number of aliphatic hydroxyl groups excluding tert-OH is 1. The number of hydrogen-bond acceptors (Lipinski definition) is 3. The van der Waals surface area contributed by atoms with E-state index in [1.807, 2.05) is 13.8 Å². The number of hydrogen-bond donors (Lipinski definition) is 1.